The molecule has 138 valence electrons. The maximum absolute atomic E-state index is 12.3. The van der Waals surface area contributed by atoms with Gasteiger partial charge in [0.1, 0.15) is 5.82 Å². The van der Waals surface area contributed by atoms with E-state index in [9.17, 15) is 4.79 Å². The predicted molar refractivity (Wildman–Crippen MR) is 103 cm³/mol. The molecule has 0 aliphatic carbocycles. The van der Waals surface area contributed by atoms with Gasteiger partial charge < -0.3 is 20.3 Å². The van der Waals surface area contributed by atoms with E-state index < -0.39 is 0 Å². The third-order valence-electron chi connectivity index (χ3n) is 4.32. The fraction of sp³-hybridized carbons (Fsp3) is 0.421. The lowest BCUT2D eigenvalue weighted by Crippen LogP contribution is -2.18. The molecule has 0 atom stereocenters. The molecule has 1 fully saturated rings. The highest BCUT2D eigenvalue weighted by atomic mass is 16.5. The summed E-state index contributed by atoms with van der Waals surface area (Å²) in [7, 11) is 1.67. The van der Waals surface area contributed by atoms with E-state index in [4.69, 9.17) is 4.74 Å². The molecule has 1 aliphatic rings. The number of amides is 1. The Bertz CT molecular complexity index is 697. The van der Waals surface area contributed by atoms with Crippen molar-refractivity contribution in [2.24, 2.45) is 0 Å². The molecule has 2 aromatic rings. The van der Waals surface area contributed by atoms with Crippen molar-refractivity contribution in [3.8, 4) is 0 Å². The second kappa shape index (κ2) is 9.15. The lowest BCUT2D eigenvalue weighted by molar-refractivity contribution is 0.102. The smallest absolute Gasteiger partial charge is 0.276 e. The molecule has 0 unspecified atom stereocenters. The number of hydrogen-bond acceptors (Lipinski definition) is 6. The van der Waals surface area contributed by atoms with E-state index in [1.807, 2.05) is 24.3 Å². The number of anilines is 3. The zero-order chi connectivity index (χ0) is 18.2. The molecule has 7 heteroatoms. The Morgan fingerprint density at radius 2 is 1.88 bits per heavy atom. The molecule has 3 rings (SSSR count). The first-order chi connectivity index (χ1) is 12.8. The number of methoxy groups -OCH3 is 1. The molecule has 1 amide bonds. The number of nitrogens with zero attached hydrogens (tertiary/aromatic N) is 3. The van der Waals surface area contributed by atoms with Crippen LogP contribution in [-0.4, -0.2) is 49.5 Å². The third kappa shape index (κ3) is 4.92. The van der Waals surface area contributed by atoms with Crippen molar-refractivity contribution >= 4 is 23.1 Å². The van der Waals surface area contributed by atoms with Crippen LogP contribution in [0.3, 0.4) is 0 Å². The van der Waals surface area contributed by atoms with Gasteiger partial charge in [0.15, 0.2) is 5.69 Å². The number of hydrogen-bond donors (Lipinski definition) is 2. The van der Waals surface area contributed by atoms with Crippen LogP contribution in [0.4, 0.5) is 17.2 Å². The molecule has 2 N–H and O–H groups in total. The van der Waals surface area contributed by atoms with E-state index in [1.54, 1.807) is 19.2 Å². The summed E-state index contributed by atoms with van der Waals surface area (Å²) in [5, 5.41) is 14.0. The number of benzene rings is 1. The zero-order valence-electron chi connectivity index (χ0n) is 15.1. The van der Waals surface area contributed by atoms with E-state index in [-0.39, 0.29) is 11.6 Å². The van der Waals surface area contributed by atoms with Crippen LogP contribution in [0.1, 0.15) is 29.8 Å². The molecular formula is C19H25N5O2. The molecule has 26 heavy (non-hydrogen) atoms. The van der Waals surface area contributed by atoms with Crippen molar-refractivity contribution in [2.45, 2.75) is 19.3 Å². The quantitative estimate of drug-likeness (QED) is 0.709. The monoisotopic (exact) mass is 355 g/mol. The average Bonchev–Trinajstić information content (AvgIpc) is 3.21. The van der Waals surface area contributed by atoms with Crippen LogP contribution < -0.4 is 15.5 Å². The van der Waals surface area contributed by atoms with Gasteiger partial charge in [0.25, 0.3) is 5.91 Å². The molecule has 0 bridgehead atoms. The lowest BCUT2D eigenvalue weighted by atomic mass is 10.2. The first kappa shape index (κ1) is 18.1. The van der Waals surface area contributed by atoms with Gasteiger partial charge in [0, 0.05) is 44.7 Å². The summed E-state index contributed by atoms with van der Waals surface area (Å²) in [6.07, 6.45) is 3.37. The fourth-order valence-electron chi connectivity index (χ4n) is 2.91. The summed E-state index contributed by atoms with van der Waals surface area (Å²) in [4.78, 5) is 14.7. The second-order valence-corrected chi connectivity index (χ2v) is 6.27. The summed E-state index contributed by atoms with van der Waals surface area (Å²) >= 11 is 0. The molecular weight excluding hydrogens is 330 g/mol. The van der Waals surface area contributed by atoms with Crippen LogP contribution in [0.5, 0.6) is 0 Å². The molecule has 7 nitrogen and oxygen atoms in total. The largest absolute Gasteiger partial charge is 0.385 e. The van der Waals surface area contributed by atoms with Crippen molar-refractivity contribution in [2.75, 3.05) is 48.9 Å². The summed E-state index contributed by atoms with van der Waals surface area (Å²) in [5.41, 5.74) is 2.24. The number of carbonyl (C=O) groups is 1. The van der Waals surface area contributed by atoms with Gasteiger partial charge >= 0.3 is 0 Å². The highest BCUT2D eigenvalue weighted by Crippen LogP contribution is 2.22. The van der Waals surface area contributed by atoms with Gasteiger partial charge in [-0.05, 0) is 55.7 Å². The van der Waals surface area contributed by atoms with Crippen molar-refractivity contribution in [1.82, 2.24) is 10.2 Å². The Morgan fingerprint density at radius 1 is 1.12 bits per heavy atom. The molecule has 1 saturated heterocycles. The Labute approximate surface area is 153 Å². The molecule has 1 aromatic carbocycles. The predicted octanol–water partition coefficient (Wildman–Crippen LogP) is 2.78. The topological polar surface area (TPSA) is 79.4 Å². The highest BCUT2D eigenvalue weighted by Gasteiger charge is 2.13. The van der Waals surface area contributed by atoms with Crippen LogP contribution in [0.25, 0.3) is 0 Å². The normalized spacial score (nSPS) is 13.7. The van der Waals surface area contributed by atoms with Crippen LogP contribution in [0.2, 0.25) is 0 Å². The van der Waals surface area contributed by atoms with Crippen molar-refractivity contribution in [3.05, 3.63) is 42.1 Å². The summed E-state index contributed by atoms with van der Waals surface area (Å²) in [6, 6.07) is 11.3. The van der Waals surface area contributed by atoms with Gasteiger partial charge in [0.05, 0.1) is 0 Å². The van der Waals surface area contributed by atoms with Crippen LogP contribution in [0, 0.1) is 0 Å². The number of nitrogens with one attached hydrogen (secondary N) is 2. The Balaban J connectivity index is 1.52. The Morgan fingerprint density at radius 3 is 2.54 bits per heavy atom. The van der Waals surface area contributed by atoms with Gasteiger partial charge in [-0.15, -0.1) is 10.2 Å². The van der Waals surface area contributed by atoms with Crippen molar-refractivity contribution in [1.29, 1.82) is 0 Å². The molecule has 0 spiro atoms. The van der Waals surface area contributed by atoms with Crippen molar-refractivity contribution in [3.63, 3.8) is 0 Å². The van der Waals surface area contributed by atoms with Crippen LogP contribution in [0.15, 0.2) is 36.4 Å². The molecule has 0 saturated carbocycles. The first-order valence-corrected chi connectivity index (χ1v) is 8.99. The second-order valence-electron chi connectivity index (χ2n) is 6.27. The average molecular weight is 355 g/mol. The fourth-order valence-corrected chi connectivity index (χ4v) is 2.91. The maximum Gasteiger partial charge on any atom is 0.276 e. The molecule has 0 radical (unpaired) electrons. The molecule has 2 heterocycles. The van der Waals surface area contributed by atoms with Crippen LogP contribution >= 0.6 is 0 Å². The van der Waals surface area contributed by atoms with Gasteiger partial charge in [-0.2, -0.15) is 0 Å². The SMILES string of the molecule is COCCCNc1ccc(C(=O)Nc2ccc(N3CCCC3)cc2)nn1. The van der Waals surface area contributed by atoms with Gasteiger partial charge in [-0.1, -0.05) is 0 Å². The summed E-state index contributed by atoms with van der Waals surface area (Å²) < 4.78 is 4.99. The number of carbonyl (C=O) groups excluding carboxylic acids is 1. The zero-order valence-corrected chi connectivity index (χ0v) is 15.1. The van der Waals surface area contributed by atoms with E-state index in [0.717, 1.165) is 31.7 Å². The van der Waals surface area contributed by atoms with E-state index in [0.29, 0.717) is 12.4 Å². The third-order valence-corrected chi connectivity index (χ3v) is 4.32. The number of aromatic nitrogens is 2. The summed E-state index contributed by atoms with van der Waals surface area (Å²) in [6.45, 7) is 3.65. The van der Waals surface area contributed by atoms with E-state index >= 15 is 0 Å². The Kier molecular flexibility index (Phi) is 6.38. The van der Waals surface area contributed by atoms with E-state index in [2.05, 4.69) is 25.7 Å². The molecule has 1 aliphatic heterocycles. The van der Waals surface area contributed by atoms with Crippen LogP contribution in [-0.2, 0) is 4.74 Å². The minimum Gasteiger partial charge on any atom is -0.385 e. The minimum absolute atomic E-state index is 0.266. The first-order valence-electron chi connectivity index (χ1n) is 8.99. The highest BCUT2D eigenvalue weighted by molar-refractivity contribution is 6.02. The van der Waals surface area contributed by atoms with Gasteiger partial charge in [0.2, 0.25) is 0 Å². The number of ether oxygens (including phenoxy) is 1. The standard InChI is InChI=1S/C19H25N5O2/c1-26-14-4-11-20-18-10-9-17(22-23-18)19(25)21-15-5-7-16(8-6-15)24-12-2-3-13-24/h5-10H,2-4,11-14H2,1H3,(H,20,23)(H,21,25). The van der Waals surface area contributed by atoms with Gasteiger partial charge in [-0.3, -0.25) is 4.79 Å². The Hall–Kier alpha value is -2.67. The lowest BCUT2D eigenvalue weighted by Gasteiger charge is -2.17. The van der Waals surface area contributed by atoms with Gasteiger partial charge in [-0.25, -0.2) is 0 Å². The summed E-state index contributed by atoms with van der Waals surface area (Å²) in [5.74, 6) is 0.380. The minimum atomic E-state index is -0.266. The number of rotatable bonds is 8. The van der Waals surface area contributed by atoms with E-state index in [1.165, 1.54) is 18.5 Å². The van der Waals surface area contributed by atoms with Crippen molar-refractivity contribution < 1.29 is 9.53 Å². The maximum atomic E-state index is 12.3. The molecule has 1 aromatic heterocycles.